The Labute approximate surface area is 121 Å². The maximum Gasteiger partial charge on any atom is 0.269 e. The third-order valence-electron chi connectivity index (χ3n) is 2.84. The Bertz CT molecular complexity index is 746. The summed E-state index contributed by atoms with van der Waals surface area (Å²) in [4.78, 5) is 12.0. The summed E-state index contributed by atoms with van der Waals surface area (Å²) < 4.78 is 15.1. The summed E-state index contributed by atoms with van der Waals surface area (Å²) in [6.07, 6.45) is 1.52. The SMILES string of the molecule is CC(C)Nc1cnn(Cc2cccc(C#N)c2F)c(=O)c1. The second kappa shape index (κ2) is 6.18. The van der Waals surface area contributed by atoms with E-state index in [1.165, 1.54) is 24.4 Å². The van der Waals surface area contributed by atoms with Crippen molar-refractivity contribution >= 4 is 5.69 Å². The van der Waals surface area contributed by atoms with Crippen LogP contribution in [0.15, 0.2) is 35.3 Å². The number of nitriles is 1. The van der Waals surface area contributed by atoms with Crippen LogP contribution in [0.5, 0.6) is 0 Å². The van der Waals surface area contributed by atoms with Gasteiger partial charge in [-0.25, -0.2) is 9.07 Å². The van der Waals surface area contributed by atoms with Crippen LogP contribution in [-0.4, -0.2) is 15.8 Å². The van der Waals surface area contributed by atoms with E-state index in [2.05, 4.69) is 10.4 Å². The highest BCUT2D eigenvalue weighted by molar-refractivity contribution is 5.40. The highest BCUT2D eigenvalue weighted by Crippen LogP contribution is 2.13. The quantitative estimate of drug-likeness (QED) is 0.934. The van der Waals surface area contributed by atoms with Gasteiger partial charge < -0.3 is 5.32 Å². The van der Waals surface area contributed by atoms with Crippen LogP contribution in [0.2, 0.25) is 0 Å². The van der Waals surface area contributed by atoms with E-state index in [1.54, 1.807) is 12.1 Å². The molecule has 0 radical (unpaired) electrons. The molecule has 108 valence electrons. The largest absolute Gasteiger partial charge is 0.381 e. The predicted molar refractivity (Wildman–Crippen MR) is 77.5 cm³/mol. The molecule has 0 fully saturated rings. The minimum Gasteiger partial charge on any atom is -0.381 e. The Morgan fingerprint density at radius 3 is 2.86 bits per heavy atom. The maximum atomic E-state index is 14.0. The fourth-order valence-corrected chi connectivity index (χ4v) is 1.91. The number of anilines is 1. The van der Waals surface area contributed by atoms with Gasteiger partial charge in [-0.2, -0.15) is 10.4 Å². The van der Waals surface area contributed by atoms with Crippen LogP contribution < -0.4 is 10.9 Å². The number of nitrogens with one attached hydrogen (secondary N) is 1. The molecular weight excluding hydrogens is 271 g/mol. The molecule has 0 aliphatic heterocycles. The Hall–Kier alpha value is -2.68. The number of rotatable bonds is 4. The molecule has 0 atom stereocenters. The first-order valence-corrected chi connectivity index (χ1v) is 6.52. The fourth-order valence-electron chi connectivity index (χ4n) is 1.91. The van der Waals surface area contributed by atoms with Crippen LogP contribution in [0.4, 0.5) is 10.1 Å². The predicted octanol–water partition coefficient (Wildman–Crippen LogP) is 2.12. The molecular formula is C15H15FN4O. The van der Waals surface area contributed by atoms with Gasteiger partial charge in [0.05, 0.1) is 24.0 Å². The minimum absolute atomic E-state index is 0.0118. The summed E-state index contributed by atoms with van der Waals surface area (Å²) in [6, 6.07) is 7.88. The average Bonchev–Trinajstić information content (AvgIpc) is 2.43. The van der Waals surface area contributed by atoms with Crippen molar-refractivity contribution in [3.05, 3.63) is 57.8 Å². The summed E-state index contributed by atoms with van der Waals surface area (Å²) in [5, 5.41) is 15.9. The first kappa shape index (κ1) is 14.7. The first-order valence-electron chi connectivity index (χ1n) is 6.52. The lowest BCUT2D eigenvalue weighted by Gasteiger charge is -2.11. The van der Waals surface area contributed by atoms with Gasteiger partial charge >= 0.3 is 0 Å². The highest BCUT2D eigenvalue weighted by Gasteiger charge is 2.09. The summed E-state index contributed by atoms with van der Waals surface area (Å²) in [5.41, 5.74) is 0.506. The molecule has 0 spiro atoms. The van der Waals surface area contributed by atoms with Crippen molar-refractivity contribution in [2.45, 2.75) is 26.4 Å². The first-order chi connectivity index (χ1) is 10.0. The number of hydrogen-bond acceptors (Lipinski definition) is 4. The molecule has 2 rings (SSSR count). The molecule has 0 aliphatic carbocycles. The van der Waals surface area contributed by atoms with E-state index in [4.69, 9.17) is 5.26 Å². The van der Waals surface area contributed by atoms with Gasteiger partial charge in [0.15, 0.2) is 0 Å². The van der Waals surface area contributed by atoms with Crippen molar-refractivity contribution in [2.24, 2.45) is 0 Å². The monoisotopic (exact) mass is 286 g/mol. The molecule has 1 N–H and O–H groups in total. The molecule has 0 unspecified atom stereocenters. The second-order valence-corrected chi connectivity index (χ2v) is 4.93. The molecule has 1 aromatic carbocycles. The van der Waals surface area contributed by atoms with Crippen molar-refractivity contribution in [1.82, 2.24) is 9.78 Å². The molecule has 2 aromatic rings. The van der Waals surface area contributed by atoms with Gasteiger partial charge in [-0.3, -0.25) is 4.79 Å². The van der Waals surface area contributed by atoms with Crippen LogP contribution in [0.25, 0.3) is 0 Å². The lowest BCUT2D eigenvalue weighted by atomic mass is 10.1. The Morgan fingerprint density at radius 2 is 2.24 bits per heavy atom. The van der Waals surface area contributed by atoms with E-state index in [0.717, 1.165) is 4.68 Å². The summed E-state index contributed by atoms with van der Waals surface area (Å²) in [6.45, 7) is 3.89. The highest BCUT2D eigenvalue weighted by atomic mass is 19.1. The zero-order valence-corrected chi connectivity index (χ0v) is 11.8. The standard InChI is InChI=1S/C15H15FN4O/c1-10(2)19-13-6-14(21)20(18-8-13)9-12-5-3-4-11(7-17)15(12)16/h3-6,8,10,19H,9H2,1-2H3. The maximum absolute atomic E-state index is 14.0. The average molecular weight is 286 g/mol. The van der Waals surface area contributed by atoms with Gasteiger partial charge in [-0.15, -0.1) is 0 Å². The van der Waals surface area contributed by atoms with E-state index >= 15 is 0 Å². The third kappa shape index (κ3) is 3.45. The normalized spacial score (nSPS) is 10.4. The summed E-state index contributed by atoms with van der Waals surface area (Å²) >= 11 is 0. The van der Waals surface area contributed by atoms with Crippen molar-refractivity contribution in [3.8, 4) is 6.07 Å². The number of aromatic nitrogens is 2. The number of benzene rings is 1. The summed E-state index contributed by atoms with van der Waals surface area (Å²) in [7, 11) is 0. The van der Waals surface area contributed by atoms with E-state index < -0.39 is 5.82 Å². The number of nitrogens with zero attached hydrogens (tertiary/aromatic N) is 3. The molecule has 0 amide bonds. The second-order valence-electron chi connectivity index (χ2n) is 4.93. The molecule has 0 aliphatic rings. The van der Waals surface area contributed by atoms with Crippen molar-refractivity contribution in [2.75, 3.05) is 5.32 Å². The Kier molecular flexibility index (Phi) is 4.33. The van der Waals surface area contributed by atoms with Gasteiger partial charge in [0.2, 0.25) is 0 Å². The van der Waals surface area contributed by atoms with Crippen LogP contribution in [0.1, 0.15) is 25.0 Å². The van der Waals surface area contributed by atoms with Gasteiger partial charge in [0.25, 0.3) is 5.56 Å². The molecule has 5 nitrogen and oxygen atoms in total. The molecule has 1 aromatic heterocycles. The molecule has 21 heavy (non-hydrogen) atoms. The third-order valence-corrected chi connectivity index (χ3v) is 2.84. The number of hydrogen-bond donors (Lipinski definition) is 1. The van der Waals surface area contributed by atoms with Crippen LogP contribution in [0, 0.1) is 17.1 Å². The van der Waals surface area contributed by atoms with Crippen LogP contribution in [0.3, 0.4) is 0 Å². The molecule has 0 bridgehead atoms. The number of halogens is 1. The Morgan fingerprint density at radius 1 is 1.48 bits per heavy atom. The van der Waals surface area contributed by atoms with Gasteiger partial charge in [0.1, 0.15) is 11.9 Å². The van der Waals surface area contributed by atoms with E-state index in [1.807, 2.05) is 13.8 Å². The molecule has 0 saturated heterocycles. The van der Waals surface area contributed by atoms with Crippen LogP contribution >= 0.6 is 0 Å². The van der Waals surface area contributed by atoms with Crippen LogP contribution in [-0.2, 0) is 6.54 Å². The molecule has 0 saturated carbocycles. The van der Waals surface area contributed by atoms with Gasteiger partial charge in [-0.05, 0) is 19.9 Å². The van der Waals surface area contributed by atoms with E-state index in [-0.39, 0.29) is 29.3 Å². The zero-order chi connectivity index (χ0) is 15.4. The fraction of sp³-hybridized carbons (Fsp3) is 0.267. The van der Waals surface area contributed by atoms with Crippen molar-refractivity contribution in [1.29, 1.82) is 5.26 Å². The van der Waals surface area contributed by atoms with Gasteiger partial charge in [0, 0.05) is 17.7 Å². The van der Waals surface area contributed by atoms with Gasteiger partial charge in [-0.1, -0.05) is 12.1 Å². The molecule has 6 heteroatoms. The zero-order valence-electron chi connectivity index (χ0n) is 11.8. The smallest absolute Gasteiger partial charge is 0.269 e. The van der Waals surface area contributed by atoms with E-state index in [9.17, 15) is 9.18 Å². The minimum atomic E-state index is -0.613. The Balaban J connectivity index is 2.29. The van der Waals surface area contributed by atoms with Crippen molar-refractivity contribution in [3.63, 3.8) is 0 Å². The summed E-state index contributed by atoms with van der Waals surface area (Å²) in [5.74, 6) is -0.613. The topological polar surface area (TPSA) is 70.7 Å². The van der Waals surface area contributed by atoms with E-state index in [0.29, 0.717) is 5.69 Å². The van der Waals surface area contributed by atoms with Crippen molar-refractivity contribution < 1.29 is 4.39 Å². The lowest BCUT2D eigenvalue weighted by molar-refractivity contribution is 0.570. The molecule has 1 heterocycles. The lowest BCUT2D eigenvalue weighted by Crippen LogP contribution is -2.24.